The molecular formula is C17H10F3NO2. The third kappa shape index (κ3) is 3.01. The number of halogens is 3. The number of benzene rings is 2. The van der Waals surface area contributed by atoms with Crippen LogP contribution in [0.25, 0.3) is 10.9 Å². The van der Waals surface area contributed by atoms with Crippen molar-refractivity contribution in [1.29, 1.82) is 0 Å². The molecule has 0 fully saturated rings. The quantitative estimate of drug-likeness (QED) is 0.648. The highest BCUT2D eigenvalue weighted by atomic mass is 19.4. The first kappa shape index (κ1) is 15.0. The lowest BCUT2D eigenvalue weighted by Gasteiger charge is -2.12. The average Bonchev–Trinajstić information content (AvgIpc) is 2.54. The Morgan fingerprint density at radius 2 is 1.74 bits per heavy atom. The number of nitrogens with zero attached hydrogens (tertiary/aromatic N) is 1. The number of rotatable bonds is 3. The molecule has 0 amide bonds. The van der Waals surface area contributed by atoms with E-state index in [4.69, 9.17) is 4.74 Å². The van der Waals surface area contributed by atoms with Crippen LogP contribution >= 0.6 is 0 Å². The number of ether oxygens (including phenoxy) is 1. The molecule has 1 heterocycles. The average molecular weight is 317 g/mol. The van der Waals surface area contributed by atoms with Crippen molar-refractivity contribution in [3.8, 4) is 11.5 Å². The fourth-order valence-corrected chi connectivity index (χ4v) is 2.21. The van der Waals surface area contributed by atoms with Crippen molar-refractivity contribution in [2.45, 2.75) is 6.18 Å². The molecule has 0 radical (unpaired) electrons. The minimum atomic E-state index is -4.49. The Hall–Kier alpha value is -2.89. The molecular weight excluding hydrogens is 307 g/mol. The molecule has 3 rings (SSSR count). The van der Waals surface area contributed by atoms with E-state index < -0.39 is 11.7 Å². The Kier molecular flexibility index (Phi) is 3.73. The third-order valence-corrected chi connectivity index (χ3v) is 3.28. The summed E-state index contributed by atoms with van der Waals surface area (Å²) in [7, 11) is 0. The fraction of sp³-hybridized carbons (Fsp3) is 0.0588. The molecule has 0 aliphatic rings. The lowest BCUT2D eigenvalue weighted by atomic mass is 10.1. The van der Waals surface area contributed by atoms with Crippen molar-refractivity contribution in [2.75, 3.05) is 0 Å². The van der Waals surface area contributed by atoms with Gasteiger partial charge in [-0.1, -0.05) is 6.07 Å². The molecule has 6 heteroatoms. The third-order valence-electron chi connectivity index (χ3n) is 3.28. The SMILES string of the molecule is O=Cc1ccc(Oc2ccnc3c(C(F)(F)F)cccc23)cc1. The molecule has 0 spiro atoms. The molecule has 116 valence electrons. The van der Waals surface area contributed by atoms with Crippen LogP contribution in [0.15, 0.2) is 54.7 Å². The summed E-state index contributed by atoms with van der Waals surface area (Å²) < 4.78 is 44.8. The summed E-state index contributed by atoms with van der Waals surface area (Å²) in [5.74, 6) is 0.681. The summed E-state index contributed by atoms with van der Waals surface area (Å²) in [6, 6.07) is 11.6. The fourth-order valence-electron chi connectivity index (χ4n) is 2.21. The number of pyridine rings is 1. The van der Waals surface area contributed by atoms with Crippen molar-refractivity contribution in [3.63, 3.8) is 0 Å². The lowest BCUT2D eigenvalue weighted by Crippen LogP contribution is -2.06. The van der Waals surface area contributed by atoms with Crippen LogP contribution in [0.1, 0.15) is 15.9 Å². The molecule has 0 unspecified atom stereocenters. The molecule has 0 saturated heterocycles. The Labute approximate surface area is 129 Å². The molecule has 1 aromatic heterocycles. The summed E-state index contributed by atoms with van der Waals surface area (Å²) in [5, 5.41) is 0.266. The minimum absolute atomic E-state index is 0.165. The van der Waals surface area contributed by atoms with E-state index in [2.05, 4.69) is 4.98 Å². The highest BCUT2D eigenvalue weighted by Gasteiger charge is 2.33. The summed E-state index contributed by atoms with van der Waals surface area (Å²) in [6.45, 7) is 0. The van der Waals surface area contributed by atoms with E-state index in [1.54, 1.807) is 24.3 Å². The largest absolute Gasteiger partial charge is 0.457 e. The minimum Gasteiger partial charge on any atom is -0.457 e. The first-order valence-corrected chi connectivity index (χ1v) is 6.67. The first-order valence-electron chi connectivity index (χ1n) is 6.67. The zero-order chi connectivity index (χ0) is 16.4. The number of fused-ring (bicyclic) bond motifs is 1. The number of hydrogen-bond donors (Lipinski definition) is 0. The second-order valence-corrected chi connectivity index (χ2v) is 4.80. The number of carbonyl (C=O) groups is 1. The summed E-state index contributed by atoms with van der Waals surface area (Å²) in [4.78, 5) is 14.5. The van der Waals surface area contributed by atoms with Gasteiger partial charge in [0.1, 0.15) is 17.8 Å². The van der Waals surface area contributed by atoms with Gasteiger partial charge in [-0.15, -0.1) is 0 Å². The van der Waals surface area contributed by atoms with E-state index in [1.165, 1.54) is 24.4 Å². The molecule has 0 aliphatic heterocycles. The Bertz CT molecular complexity index is 858. The van der Waals surface area contributed by atoms with Gasteiger partial charge in [0.15, 0.2) is 0 Å². The molecule has 3 aromatic rings. The number of alkyl halides is 3. The van der Waals surface area contributed by atoms with Gasteiger partial charge in [0.2, 0.25) is 0 Å². The Balaban J connectivity index is 2.06. The zero-order valence-electron chi connectivity index (χ0n) is 11.7. The summed E-state index contributed by atoms with van der Waals surface area (Å²) in [5.41, 5.74) is -0.491. The van der Waals surface area contributed by atoms with Crippen molar-refractivity contribution in [2.24, 2.45) is 0 Å². The van der Waals surface area contributed by atoms with Gasteiger partial charge in [-0.25, -0.2) is 0 Å². The van der Waals surface area contributed by atoms with E-state index in [0.717, 1.165) is 6.07 Å². The second-order valence-electron chi connectivity index (χ2n) is 4.80. The van der Waals surface area contributed by atoms with Crippen LogP contribution in [-0.2, 0) is 6.18 Å². The van der Waals surface area contributed by atoms with Gasteiger partial charge >= 0.3 is 6.18 Å². The summed E-state index contributed by atoms with van der Waals surface area (Å²) >= 11 is 0. The summed E-state index contributed by atoms with van der Waals surface area (Å²) in [6.07, 6.45) is -2.52. The van der Waals surface area contributed by atoms with Crippen molar-refractivity contribution < 1.29 is 22.7 Å². The normalized spacial score (nSPS) is 11.4. The Morgan fingerprint density at radius 3 is 2.39 bits per heavy atom. The molecule has 23 heavy (non-hydrogen) atoms. The molecule has 2 aromatic carbocycles. The van der Waals surface area contributed by atoms with E-state index in [1.807, 2.05) is 0 Å². The van der Waals surface area contributed by atoms with Crippen molar-refractivity contribution in [1.82, 2.24) is 4.98 Å². The number of aromatic nitrogens is 1. The van der Waals surface area contributed by atoms with Gasteiger partial charge in [0, 0.05) is 17.1 Å². The van der Waals surface area contributed by atoms with E-state index >= 15 is 0 Å². The predicted molar refractivity (Wildman–Crippen MR) is 78.6 cm³/mol. The van der Waals surface area contributed by atoms with Gasteiger partial charge in [0.25, 0.3) is 0 Å². The number of aldehydes is 1. The molecule has 0 N–H and O–H groups in total. The van der Waals surface area contributed by atoms with Crippen molar-refractivity contribution in [3.05, 3.63) is 65.9 Å². The standard InChI is InChI=1S/C17H10F3NO2/c18-17(19,20)14-3-1-2-13-15(8-9-21-16(13)14)23-12-6-4-11(10-22)5-7-12/h1-10H. The molecule has 0 aliphatic carbocycles. The molecule has 0 bridgehead atoms. The van der Waals surface area contributed by atoms with Gasteiger partial charge in [-0.05, 0) is 42.5 Å². The first-order chi connectivity index (χ1) is 11.0. The molecule has 0 atom stereocenters. The van der Waals surface area contributed by atoms with Crippen LogP contribution in [0, 0.1) is 0 Å². The van der Waals surface area contributed by atoms with E-state index in [0.29, 0.717) is 17.6 Å². The van der Waals surface area contributed by atoms with Gasteiger partial charge in [-0.3, -0.25) is 9.78 Å². The van der Waals surface area contributed by atoms with Crippen molar-refractivity contribution >= 4 is 17.2 Å². The van der Waals surface area contributed by atoms with Crippen LogP contribution in [-0.4, -0.2) is 11.3 Å². The number of hydrogen-bond acceptors (Lipinski definition) is 3. The maximum Gasteiger partial charge on any atom is 0.418 e. The Morgan fingerprint density at radius 1 is 1.00 bits per heavy atom. The monoisotopic (exact) mass is 317 g/mol. The highest BCUT2D eigenvalue weighted by molar-refractivity contribution is 5.88. The van der Waals surface area contributed by atoms with Gasteiger partial charge in [-0.2, -0.15) is 13.2 Å². The highest BCUT2D eigenvalue weighted by Crippen LogP contribution is 2.37. The molecule has 3 nitrogen and oxygen atoms in total. The maximum atomic E-state index is 13.0. The van der Waals surface area contributed by atoms with Crippen LogP contribution in [0.5, 0.6) is 11.5 Å². The van der Waals surface area contributed by atoms with E-state index in [9.17, 15) is 18.0 Å². The van der Waals surface area contributed by atoms with Crippen LogP contribution in [0.4, 0.5) is 13.2 Å². The number of carbonyl (C=O) groups excluding carboxylic acids is 1. The van der Waals surface area contributed by atoms with Gasteiger partial charge < -0.3 is 4.74 Å². The zero-order valence-corrected chi connectivity index (χ0v) is 11.7. The lowest BCUT2D eigenvalue weighted by molar-refractivity contribution is -0.136. The molecule has 0 saturated carbocycles. The van der Waals surface area contributed by atoms with E-state index in [-0.39, 0.29) is 16.7 Å². The smallest absolute Gasteiger partial charge is 0.418 e. The number of para-hydroxylation sites is 1. The van der Waals surface area contributed by atoms with Gasteiger partial charge in [0.05, 0.1) is 11.1 Å². The van der Waals surface area contributed by atoms with Crippen LogP contribution < -0.4 is 4.74 Å². The van der Waals surface area contributed by atoms with Crippen LogP contribution in [0.3, 0.4) is 0 Å². The predicted octanol–water partition coefficient (Wildman–Crippen LogP) is 4.86. The topological polar surface area (TPSA) is 39.2 Å². The van der Waals surface area contributed by atoms with Crippen LogP contribution in [0.2, 0.25) is 0 Å². The second kappa shape index (κ2) is 5.72. The maximum absolute atomic E-state index is 13.0.